The van der Waals surface area contributed by atoms with E-state index in [9.17, 15) is 5.11 Å². The lowest BCUT2D eigenvalue weighted by Gasteiger charge is -2.42. The van der Waals surface area contributed by atoms with Crippen LogP contribution in [0.25, 0.3) is 0 Å². The highest BCUT2D eigenvalue weighted by Gasteiger charge is 2.35. The van der Waals surface area contributed by atoms with Crippen LogP contribution in [-0.4, -0.2) is 48.8 Å². The molecule has 2 aliphatic rings. The first-order chi connectivity index (χ1) is 11.8. The van der Waals surface area contributed by atoms with Crippen molar-refractivity contribution in [3.8, 4) is 5.75 Å². The van der Waals surface area contributed by atoms with E-state index in [2.05, 4.69) is 33.2 Å². The van der Waals surface area contributed by atoms with Crippen molar-refractivity contribution in [1.29, 1.82) is 0 Å². The molecule has 0 amide bonds. The first-order valence-corrected chi connectivity index (χ1v) is 10.2. The van der Waals surface area contributed by atoms with Gasteiger partial charge in [0.15, 0.2) is 0 Å². The lowest BCUT2D eigenvalue weighted by molar-refractivity contribution is 0.0204. The number of hydrogen-bond donors (Lipinski definition) is 2. The Morgan fingerprint density at radius 2 is 1.96 bits per heavy atom. The summed E-state index contributed by atoms with van der Waals surface area (Å²) in [6.45, 7) is 7.14. The van der Waals surface area contributed by atoms with E-state index >= 15 is 0 Å². The van der Waals surface area contributed by atoms with Gasteiger partial charge in [0, 0.05) is 25.4 Å². The molecule has 0 atom stereocenters. The molecule has 1 aliphatic heterocycles. The van der Waals surface area contributed by atoms with Gasteiger partial charge < -0.3 is 20.1 Å². The van der Waals surface area contributed by atoms with E-state index in [0.717, 1.165) is 34.5 Å². The van der Waals surface area contributed by atoms with Gasteiger partial charge in [-0.25, -0.2) is 0 Å². The zero-order valence-corrected chi connectivity index (χ0v) is 17.2. The number of nitrogens with one attached hydrogen (secondary N) is 1. The Morgan fingerprint density at radius 3 is 2.56 bits per heavy atom. The smallest absolute Gasteiger partial charge is 0.133 e. The van der Waals surface area contributed by atoms with Crippen molar-refractivity contribution in [2.45, 2.75) is 57.3 Å². The summed E-state index contributed by atoms with van der Waals surface area (Å²) in [5, 5.41) is 13.5. The van der Waals surface area contributed by atoms with Crippen molar-refractivity contribution < 1.29 is 9.84 Å². The Balaban J connectivity index is 1.47. The quantitative estimate of drug-likeness (QED) is 0.752. The van der Waals surface area contributed by atoms with Gasteiger partial charge in [-0.2, -0.15) is 0 Å². The number of nitrogens with zero attached hydrogens (tertiary/aromatic N) is 1. The second kappa shape index (κ2) is 7.95. The third-order valence-electron chi connectivity index (χ3n) is 5.63. The zero-order valence-electron chi connectivity index (χ0n) is 15.6. The first-order valence-electron chi connectivity index (χ1n) is 9.43. The summed E-state index contributed by atoms with van der Waals surface area (Å²) in [5.41, 5.74) is 0.0554. The molecule has 0 radical (unpaired) electrons. The molecule has 140 valence electrons. The Labute approximate surface area is 160 Å². The topological polar surface area (TPSA) is 44.7 Å². The number of halogens is 1. The van der Waals surface area contributed by atoms with Crippen LogP contribution in [0.2, 0.25) is 0 Å². The van der Waals surface area contributed by atoms with Crippen LogP contribution >= 0.6 is 15.9 Å². The molecule has 1 saturated heterocycles. The van der Waals surface area contributed by atoms with Crippen molar-refractivity contribution >= 4 is 15.9 Å². The van der Waals surface area contributed by atoms with Crippen LogP contribution in [0.4, 0.5) is 0 Å². The van der Waals surface area contributed by atoms with Crippen LogP contribution < -0.4 is 10.1 Å². The first kappa shape index (κ1) is 19.2. The molecule has 1 aliphatic carbocycles. The highest BCUT2D eigenvalue weighted by molar-refractivity contribution is 9.10. The summed E-state index contributed by atoms with van der Waals surface area (Å²) in [7, 11) is 2.26. The van der Waals surface area contributed by atoms with Gasteiger partial charge in [0.1, 0.15) is 11.9 Å². The minimum absolute atomic E-state index is 0.296. The van der Waals surface area contributed by atoms with Gasteiger partial charge in [0.05, 0.1) is 10.1 Å². The normalized spacial score (nSPS) is 25.0. The van der Waals surface area contributed by atoms with Crippen LogP contribution in [0.3, 0.4) is 0 Å². The van der Waals surface area contributed by atoms with E-state index in [1.165, 1.54) is 32.5 Å². The Morgan fingerprint density at radius 1 is 1.28 bits per heavy atom. The number of ether oxygens (including phenoxy) is 1. The summed E-state index contributed by atoms with van der Waals surface area (Å²) in [4.78, 5) is 2.53. The van der Waals surface area contributed by atoms with E-state index in [1.807, 2.05) is 18.2 Å². The Bertz CT molecular complexity index is 576. The summed E-state index contributed by atoms with van der Waals surface area (Å²) in [6.07, 6.45) is 5.10. The van der Waals surface area contributed by atoms with Gasteiger partial charge in [0.2, 0.25) is 0 Å². The maximum absolute atomic E-state index is 10.1. The molecule has 0 unspecified atom stereocenters. The van der Waals surface area contributed by atoms with Gasteiger partial charge in [-0.1, -0.05) is 6.07 Å². The Kier molecular flexibility index (Phi) is 6.09. The molecule has 3 rings (SSSR count). The van der Waals surface area contributed by atoms with Crippen molar-refractivity contribution in [2.24, 2.45) is 5.92 Å². The fourth-order valence-corrected chi connectivity index (χ4v) is 4.24. The standard InChI is InChI=1S/C20H31BrN2O2/c1-20(2,24)15-4-5-19(18(21)10-15)25-17-11-16(12-17)23(3)13-14-6-8-22-9-7-14/h4-5,10,14,16-17,22,24H,6-9,11-13H2,1-3H3. The van der Waals surface area contributed by atoms with E-state index in [1.54, 1.807) is 13.8 Å². The predicted molar refractivity (Wildman–Crippen MR) is 105 cm³/mol. The van der Waals surface area contributed by atoms with E-state index in [-0.39, 0.29) is 0 Å². The molecule has 1 heterocycles. The molecule has 1 aromatic carbocycles. The number of aliphatic hydroxyl groups is 1. The van der Waals surface area contributed by atoms with Crippen molar-refractivity contribution in [3.63, 3.8) is 0 Å². The number of benzene rings is 1. The fraction of sp³-hybridized carbons (Fsp3) is 0.700. The maximum atomic E-state index is 10.1. The molecule has 4 nitrogen and oxygen atoms in total. The molecule has 25 heavy (non-hydrogen) atoms. The van der Waals surface area contributed by atoms with Crippen LogP contribution in [0, 0.1) is 5.92 Å². The largest absolute Gasteiger partial charge is 0.489 e. The van der Waals surface area contributed by atoms with E-state index in [0.29, 0.717) is 12.1 Å². The monoisotopic (exact) mass is 410 g/mol. The number of hydrogen-bond acceptors (Lipinski definition) is 4. The van der Waals surface area contributed by atoms with Crippen LogP contribution in [0.1, 0.15) is 45.1 Å². The lowest BCUT2D eigenvalue weighted by atomic mass is 9.86. The lowest BCUT2D eigenvalue weighted by Crippen LogP contribution is -2.49. The average Bonchev–Trinajstić information content (AvgIpc) is 2.51. The number of piperidine rings is 1. The molecule has 5 heteroatoms. The zero-order chi connectivity index (χ0) is 18.0. The minimum Gasteiger partial charge on any atom is -0.489 e. The Hall–Kier alpha value is -0.620. The summed E-state index contributed by atoms with van der Waals surface area (Å²) in [5.74, 6) is 1.72. The molecule has 1 saturated carbocycles. The highest BCUT2D eigenvalue weighted by atomic mass is 79.9. The average molecular weight is 411 g/mol. The van der Waals surface area contributed by atoms with Crippen LogP contribution in [0.15, 0.2) is 22.7 Å². The van der Waals surface area contributed by atoms with Crippen molar-refractivity contribution in [3.05, 3.63) is 28.2 Å². The van der Waals surface area contributed by atoms with Crippen LogP contribution in [0.5, 0.6) is 5.75 Å². The van der Waals surface area contributed by atoms with Gasteiger partial charge >= 0.3 is 0 Å². The van der Waals surface area contributed by atoms with Crippen molar-refractivity contribution in [2.75, 3.05) is 26.7 Å². The van der Waals surface area contributed by atoms with E-state index in [4.69, 9.17) is 4.74 Å². The maximum Gasteiger partial charge on any atom is 0.133 e. The molecular formula is C20H31BrN2O2. The minimum atomic E-state index is -0.833. The van der Waals surface area contributed by atoms with E-state index < -0.39 is 5.60 Å². The van der Waals surface area contributed by atoms with Gasteiger partial charge in [-0.05, 0) is 86.4 Å². The van der Waals surface area contributed by atoms with Crippen LogP contribution in [-0.2, 0) is 5.60 Å². The molecule has 1 aromatic rings. The molecule has 0 bridgehead atoms. The number of rotatable bonds is 6. The second-order valence-electron chi connectivity index (χ2n) is 8.20. The predicted octanol–water partition coefficient (Wildman–Crippen LogP) is 3.52. The summed E-state index contributed by atoms with van der Waals surface area (Å²) >= 11 is 3.58. The fourth-order valence-electron chi connectivity index (χ4n) is 3.77. The SMILES string of the molecule is CN(CC1CCNCC1)C1CC(Oc2ccc(C(C)(C)O)cc2Br)C1. The molecular weight excluding hydrogens is 380 g/mol. The summed E-state index contributed by atoms with van der Waals surface area (Å²) < 4.78 is 7.07. The van der Waals surface area contributed by atoms with Gasteiger partial charge in [0.25, 0.3) is 0 Å². The van der Waals surface area contributed by atoms with Crippen molar-refractivity contribution in [1.82, 2.24) is 10.2 Å². The van der Waals surface area contributed by atoms with Gasteiger partial charge in [-0.15, -0.1) is 0 Å². The molecule has 0 aromatic heterocycles. The molecule has 0 spiro atoms. The van der Waals surface area contributed by atoms with Gasteiger partial charge in [-0.3, -0.25) is 0 Å². The summed E-state index contributed by atoms with van der Waals surface area (Å²) in [6, 6.07) is 6.51. The third-order valence-corrected chi connectivity index (χ3v) is 6.25. The molecule has 2 N–H and O–H groups in total. The second-order valence-corrected chi connectivity index (χ2v) is 9.06. The highest BCUT2D eigenvalue weighted by Crippen LogP contribution is 2.35. The molecule has 2 fully saturated rings. The third kappa shape index (κ3) is 4.97.